The average molecular weight is 342 g/mol. The molecule has 0 saturated carbocycles. The van der Waals surface area contributed by atoms with Crippen molar-refractivity contribution in [3.63, 3.8) is 0 Å². The first-order valence-corrected chi connectivity index (χ1v) is 7.11. The van der Waals surface area contributed by atoms with Gasteiger partial charge in [-0.3, -0.25) is 4.79 Å². The fraction of sp³-hybridized carbons (Fsp3) is 0.231. The highest BCUT2D eigenvalue weighted by atomic mass is 79.9. The van der Waals surface area contributed by atoms with E-state index in [1.54, 1.807) is 7.11 Å². The SMILES string of the molecule is COC(=O)Cc1nc(-c2ccc(OC)cc2)sc1Br. The lowest BCUT2D eigenvalue weighted by molar-refractivity contribution is -0.139. The van der Waals surface area contributed by atoms with E-state index in [1.807, 2.05) is 24.3 Å². The zero-order chi connectivity index (χ0) is 13.8. The first-order valence-electron chi connectivity index (χ1n) is 5.50. The van der Waals surface area contributed by atoms with Crippen LogP contribution in [0.15, 0.2) is 28.1 Å². The molecule has 0 aliphatic carbocycles. The van der Waals surface area contributed by atoms with E-state index in [2.05, 4.69) is 25.7 Å². The van der Waals surface area contributed by atoms with Gasteiger partial charge in [0.15, 0.2) is 0 Å². The molecule has 0 fully saturated rings. The van der Waals surface area contributed by atoms with Crippen molar-refractivity contribution in [2.45, 2.75) is 6.42 Å². The lowest BCUT2D eigenvalue weighted by Gasteiger charge is -2.00. The minimum absolute atomic E-state index is 0.170. The van der Waals surface area contributed by atoms with Crippen LogP contribution in [0.2, 0.25) is 0 Å². The van der Waals surface area contributed by atoms with Crippen molar-refractivity contribution in [2.24, 2.45) is 0 Å². The number of carbonyl (C=O) groups excluding carboxylic acids is 1. The fourth-order valence-corrected chi connectivity index (χ4v) is 3.01. The number of hydrogen-bond donors (Lipinski definition) is 0. The van der Waals surface area contributed by atoms with E-state index < -0.39 is 0 Å². The summed E-state index contributed by atoms with van der Waals surface area (Å²) < 4.78 is 10.6. The van der Waals surface area contributed by atoms with Crippen molar-refractivity contribution in [3.05, 3.63) is 33.7 Å². The number of esters is 1. The van der Waals surface area contributed by atoms with Crippen LogP contribution in [-0.2, 0) is 16.0 Å². The number of halogens is 1. The Labute approximate surface area is 123 Å². The molecule has 1 heterocycles. The second-order valence-corrected chi connectivity index (χ2v) is 6.04. The summed E-state index contributed by atoms with van der Waals surface area (Å²) in [7, 11) is 3.00. The van der Waals surface area contributed by atoms with Gasteiger partial charge in [-0.15, -0.1) is 11.3 Å². The highest BCUT2D eigenvalue weighted by Crippen LogP contribution is 2.33. The predicted molar refractivity (Wildman–Crippen MR) is 77.5 cm³/mol. The summed E-state index contributed by atoms with van der Waals surface area (Å²) in [6.07, 6.45) is 0.170. The number of ether oxygens (including phenoxy) is 2. The number of methoxy groups -OCH3 is 2. The molecule has 100 valence electrons. The molecule has 0 spiro atoms. The zero-order valence-corrected chi connectivity index (χ0v) is 12.9. The largest absolute Gasteiger partial charge is 0.497 e. The third-order valence-electron chi connectivity index (χ3n) is 2.53. The molecule has 0 amide bonds. The molecule has 0 aliphatic heterocycles. The topological polar surface area (TPSA) is 48.4 Å². The molecule has 2 aromatic rings. The van der Waals surface area contributed by atoms with Crippen LogP contribution in [0.25, 0.3) is 10.6 Å². The molecule has 0 bridgehead atoms. The molecule has 0 radical (unpaired) electrons. The standard InChI is InChI=1S/C13H12BrNO3S/c1-17-9-5-3-8(4-6-9)13-15-10(12(14)19-13)7-11(16)18-2/h3-6H,7H2,1-2H3. The van der Waals surface area contributed by atoms with Crippen molar-refractivity contribution in [1.82, 2.24) is 4.98 Å². The van der Waals surface area contributed by atoms with Gasteiger partial charge in [-0.2, -0.15) is 0 Å². The second kappa shape index (κ2) is 6.16. The Hall–Kier alpha value is -1.40. The van der Waals surface area contributed by atoms with Crippen LogP contribution in [-0.4, -0.2) is 25.2 Å². The molecule has 0 aliphatic rings. The average Bonchev–Trinajstić information content (AvgIpc) is 2.80. The second-order valence-electron chi connectivity index (χ2n) is 3.72. The van der Waals surface area contributed by atoms with Crippen LogP contribution in [0, 0.1) is 0 Å². The van der Waals surface area contributed by atoms with Crippen molar-refractivity contribution in [2.75, 3.05) is 14.2 Å². The third kappa shape index (κ3) is 3.33. The number of carbonyl (C=O) groups is 1. The number of rotatable bonds is 4. The van der Waals surface area contributed by atoms with Gasteiger partial charge < -0.3 is 9.47 Å². The molecule has 0 unspecified atom stereocenters. The van der Waals surface area contributed by atoms with Gasteiger partial charge in [0.25, 0.3) is 0 Å². The van der Waals surface area contributed by atoms with E-state index in [-0.39, 0.29) is 12.4 Å². The summed E-state index contributed by atoms with van der Waals surface area (Å²) in [6.45, 7) is 0. The van der Waals surface area contributed by atoms with Crippen LogP contribution >= 0.6 is 27.3 Å². The summed E-state index contributed by atoms with van der Waals surface area (Å²) >= 11 is 4.91. The van der Waals surface area contributed by atoms with Crippen LogP contribution in [0.1, 0.15) is 5.69 Å². The summed E-state index contributed by atoms with van der Waals surface area (Å²) in [5.41, 5.74) is 1.69. The quantitative estimate of drug-likeness (QED) is 0.800. The van der Waals surface area contributed by atoms with Gasteiger partial charge in [0.1, 0.15) is 10.8 Å². The molecule has 19 heavy (non-hydrogen) atoms. The maximum Gasteiger partial charge on any atom is 0.311 e. The number of benzene rings is 1. The maximum atomic E-state index is 11.3. The molecule has 0 atom stereocenters. The maximum absolute atomic E-state index is 11.3. The minimum Gasteiger partial charge on any atom is -0.497 e. The van der Waals surface area contributed by atoms with E-state index in [4.69, 9.17) is 4.74 Å². The molecule has 6 heteroatoms. The van der Waals surface area contributed by atoms with Crippen molar-refractivity contribution in [3.8, 4) is 16.3 Å². The Kier molecular flexibility index (Phi) is 4.55. The first kappa shape index (κ1) is 14.0. The third-order valence-corrected chi connectivity index (χ3v) is 4.40. The molecule has 0 saturated heterocycles. The first-order chi connectivity index (χ1) is 9.13. The molecule has 2 rings (SSSR count). The molecule has 1 aromatic carbocycles. The highest BCUT2D eigenvalue weighted by Gasteiger charge is 2.14. The summed E-state index contributed by atoms with van der Waals surface area (Å²) in [6, 6.07) is 7.63. The smallest absolute Gasteiger partial charge is 0.311 e. The number of thiazole rings is 1. The van der Waals surface area contributed by atoms with Crippen molar-refractivity contribution < 1.29 is 14.3 Å². The Morgan fingerprint density at radius 1 is 1.32 bits per heavy atom. The Balaban J connectivity index is 2.25. The predicted octanol–water partition coefficient (Wildman–Crippen LogP) is 3.30. The Bertz CT molecular complexity index is 580. The van der Waals surface area contributed by atoms with Crippen LogP contribution in [0.4, 0.5) is 0 Å². The van der Waals surface area contributed by atoms with Gasteiger partial charge in [0.2, 0.25) is 0 Å². The minimum atomic E-state index is -0.299. The molecular weight excluding hydrogens is 330 g/mol. The van der Waals surface area contributed by atoms with E-state index in [9.17, 15) is 4.79 Å². The fourth-order valence-electron chi connectivity index (χ4n) is 1.51. The summed E-state index contributed by atoms with van der Waals surface area (Å²) in [5, 5.41) is 0.855. The van der Waals surface area contributed by atoms with E-state index in [1.165, 1.54) is 18.4 Å². The van der Waals surface area contributed by atoms with Gasteiger partial charge in [0.05, 0.1) is 30.1 Å². The van der Waals surface area contributed by atoms with E-state index in [0.29, 0.717) is 5.69 Å². The number of aromatic nitrogens is 1. The molecule has 4 nitrogen and oxygen atoms in total. The van der Waals surface area contributed by atoms with Gasteiger partial charge in [0, 0.05) is 5.56 Å². The van der Waals surface area contributed by atoms with Crippen LogP contribution in [0.3, 0.4) is 0 Å². The number of hydrogen-bond acceptors (Lipinski definition) is 5. The van der Waals surface area contributed by atoms with Crippen LogP contribution in [0.5, 0.6) is 5.75 Å². The highest BCUT2D eigenvalue weighted by molar-refractivity contribution is 9.11. The van der Waals surface area contributed by atoms with E-state index in [0.717, 1.165) is 20.1 Å². The molecular formula is C13H12BrNO3S. The Morgan fingerprint density at radius 2 is 2.00 bits per heavy atom. The summed E-state index contributed by atoms with van der Waals surface area (Å²) in [4.78, 5) is 15.7. The zero-order valence-electron chi connectivity index (χ0n) is 10.5. The van der Waals surface area contributed by atoms with Gasteiger partial charge in [-0.05, 0) is 40.2 Å². The summed E-state index contributed by atoms with van der Waals surface area (Å²) in [5.74, 6) is 0.501. The monoisotopic (exact) mass is 341 g/mol. The lowest BCUT2D eigenvalue weighted by atomic mass is 10.2. The lowest BCUT2D eigenvalue weighted by Crippen LogP contribution is -2.05. The number of nitrogens with zero attached hydrogens (tertiary/aromatic N) is 1. The van der Waals surface area contributed by atoms with Gasteiger partial charge >= 0.3 is 5.97 Å². The van der Waals surface area contributed by atoms with E-state index >= 15 is 0 Å². The van der Waals surface area contributed by atoms with Gasteiger partial charge in [-0.25, -0.2) is 4.98 Å². The van der Waals surface area contributed by atoms with Crippen LogP contribution < -0.4 is 4.74 Å². The molecule has 0 N–H and O–H groups in total. The van der Waals surface area contributed by atoms with Crippen molar-refractivity contribution >= 4 is 33.2 Å². The van der Waals surface area contributed by atoms with Crippen molar-refractivity contribution in [1.29, 1.82) is 0 Å². The Morgan fingerprint density at radius 3 is 2.58 bits per heavy atom. The normalized spacial score (nSPS) is 10.3. The van der Waals surface area contributed by atoms with Gasteiger partial charge in [-0.1, -0.05) is 0 Å². The molecule has 1 aromatic heterocycles.